The van der Waals surface area contributed by atoms with Crippen molar-refractivity contribution in [1.82, 2.24) is 15.5 Å². The second-order valence-electron chi connectivity index (χ2n) is 7.96. The Balaban J connectivity index is 2.01. The molecule has 2 bridgehead atoms. The van der Waals surface area contributed by atoms with E-state index in [9.17, 15) is 14.7 Å². The van der Waals surface area contributed by atoms with Crippen molar-refractivity contribution in [1.29, 1.82) is 0 Å². The maximum absolute atomic E-state index is 13.1. The molecule has 2 amide bonds. The molecule has 0 aromatic heterocycles. The molecule has 0 aromatic carbocycles. The Kier molecular flexibility index (Phi) is 4.25. The highest BCUT2D eigenvalue weighted by molar-refractivity contribution is 6.03. The number of amides is 2. The fourth-order valence-electron chi connectivity index (χ4n) is 3.90. The van der Waals surface area contributed by atoms with Crippen LogP contribution in [0.15, 0.2) is 12.2 Å². The molecule has 4 aliphatic heterocycles. The number of aliphatic hydroxyl groups excluding tert-OH is 1. The molecule has 26 heavy (non-hydrogen) atoms. The first-order valence-electron chi connectivity index (χ1n) is 8.57. The normalized spacial score (nSPS) is 40.8. The van der Waals surface area contributed by atoms with Crippen molar-refractivity contribution in [2.24, 2.45) is 0 Å². The highest BCUT2D eigenvalue weighted by Gasteiger charge is 2.66. The summed E-state index contributed by atoms with van der Waals surface area (Å²) < 4.78 is 17.1. The summed E-state index contributed by atoms with van der Waals surface area (Å²) in [7, 11) is 3.35. The molecule has 4 fully saturated rings. The van der Waals surface area contributed by atoms with Gasteiger partial charge in [0.2, 0.25) is 0 Å². The number of carbonyl (C=O) groups is 2. The lowest BCUT2D eigenvalue weighted by Gasteiger charge is -2.53. The molecule has 4 atom stereocenters. The Morgan fingerprint density at radius 1 is 1.15 bits per heavy atom. The lowest BCUT2D eigenvalue weighted by molar-refractivity contribution is -0.237. The molecule has 0 spiro atoms. The van der Waals surface area contributed by atoms with Gasteiger partial charge in [0.15, 0.2) is 11.4 Å². The van der Waals surface area contributed by atoms with Crippen molar-refractivity contribution in [2.75, 3.05) is 27.3 Å². The van der Waals surface area contributed by atoms with Crippen LogP contribution in [0.4, 0.5) is 0 Å². The van der Waals surface area contributed by atoms with Crippen molar-refractivity contribution in [3.63, 3.8) is 0 Å². The molecule has 0 aromatic rings. The third kappa shape index (κ3) is 2.49. The average molecular weight is 369 g/mol. The number of piperazine rings is 1. The quantitative estimate of drug-likeness (QED) is 0.551. The predicted octanol–water partition coefficient (Wildman–Crippen LogP) is -0.934. The molecule has 4 saturated heterocycles. The van der Waals surface area contributed by atoms with Crippen molar-refractivity contribution in [3.8, 4) is 0 Å². The van der Waals surface area contributed by atoms with Gasteiger partial charge in [0.1, 0.15) is 11.7 Å². The van der Waals surface area contributed by atoms with Crippen LogP contribution in [0.2, 0.25) is 0 Å². The number of ether oxygens (including phenoxy) is 3. The number of carbonyl (C=O) groups excluding carboxylic acids is 2. The molecule has 9 heteroatoms. The minimum Gasteiger partial charge on any atom is -0.384 e. The van der Waals surface area contributed by atoms with Crippen molar-refractivity contribution in [3.05, 3.63) is 12.2 Å². The van der Waals surface area contributed by atoms with E-state index in [1.807, 2.05) is 0 Å². The number of fused-ring (bicyclic) bond motifs is 5. The summed E-state index contributed by atoms with van der Waals surface area (Å²) in [6.07, 6.45) is -1.15. The summed E-state index contributed by atoms with van der Waals surface area (Å²) in [6, 6.07) is 0. The van der Waals surface area contributed by atoms with E-state index in [-0.39, 0.29) is 13.2 Å². The average Bonchev–Trinajstić information content (AvgIpc) is 2.82. The van der Waals surface area contributed by atoms with E-state index in [4.69, 9.17) is 14.2 Å². The van der Waals surface area contributed by atoms with Crippen LogP contribution in [0, 0.1) is 0 Å². The predicted molar refractivity (Wildman–Crippen MR) is 90.7 cm³/mol. The van der Waals surface area contributed by atoms with Gasteiger partial charge in [-0.15, -0.1) is 0 Å². The van der Waals surface area contributed by atoms with Gasteiger partial charge < -0.3 is 30.0 Å². The first kappa shape index (κ1) is 19.2. The molecule has 0 radical (unpaired) electrons. The van der Waals surface area contributed by atoms with Gasteiger partial charge in [0.25, 0.3) is 17.5 Å². The summed E-state index contributed by atoms with van der Waals surface area (Å²) in [5.41, 5.74) is -4.11. The first-order valence-corrected chi connectivity index (χ1v) is 8.57. The largest absolute Gasteiger partial charge is 0.384 e. The van der Waals surface area contributed by atoms with Gasteiger partial charge in [0.05, 0.1) is 13.2 Å². The third-order valence-electron chi connectivity index (χ3n) is 5.32. The van der Waals surface area contributed by atoms with E-state index in [0.717, 1.165) is 0 Å². The Hall–Kier alpha value is -1.52. The number of likely N-dealkylation sites (N-methyl/N-ethyl adjacent to an activating group) is 1. The van der Waals surface area contributed by atoms with Crippen LogP contribution >= 0.6 is 0 Å². The van der Waals surface area contributed by atoms with Crippen molar-refractivity contribution >= 4 is 11.8 Å². The van der Waals surface area contributed by atoms with Gasteiger partial charge >= 0.3 is 0 Å². The summed E-state index contributed by atoms with van der Waals surface area (Å²) >= 11 is 0. The van der Waals surface area contributed by atoms with Gasteiger partial charge in [0, 0.05) is 0 Å². The molecular weight excluding hydrogens is 342 g/mol. The van der Waals surface area contributed by atoms with Crippen LogP contribution in [0.3, 0.4) is 0 Å². The SMILES string of the molecule is C=C1CCO[C@]2([C@@H](O)[C@@]3(C)COC(C)(C)O3)NC(=O)[C@@]1(N(C)C)NC2=O. The fourth-order valence-corrected chi connectivity index (χ4v) is 3.90. The smallest absolute Gasteiger partial charge is 0.278 e. The van der Waals surface area contributed by atoms with Crippen LogP contribution in [0.1, 0.15) is 27.2 Å². The van der Waals surface area contributed by atoms with E-state index in [0.29, 0.717) is 12.0 Å². The maximum Gasteiger partial charge on any atom is 0.278 e. The molecule has 4 rings (SSSR count). The standard InChI is InChI=1S/C17H27N3O6/c1-10-7-8-24-17(11(21)15(4)9-25-14(2,3)26-15)13(23)18-16(10,20(5)6)12(22)19-17/h11,21H,1,7-9H2,2-6H3,(H,18,23)(H,19,22)/t11-,15+,16+,17-/m0/s1. The Morgan fingerprint density at radius 3 is 2.35 bits per heavy atom. The molecule has 0 aliphatic carbocycles. The van der Waals surface area contributed by atoms with E-state index < -0.39 is 40.7 Å². The Labute approximate surface area is 152 Å². The minimum absolute atomic E-state index is 0.0426. The zero-order valence-electron chi connectivity index (χ0n) is 15.8. The highest BCUT2D eigenvalue weighted by Crippen LogP contribution is 2.40. The molecule has 4 heterocycles. The molecule has 0 saturated carbocycles. The number of nitrogens with zero attached hydrogens (tertiary/aromatic N) is 1. The van der Waals surface area contributed by atoms with E-state index in [1.54, 1.807) is 39.8 Å². The van der Waals surface area contributed by atoms with E-state index in [1.165, 1.54) is 0 Å². The number of hydrogen-bond donors (Lipinski definition) is 3. The summed E-state index contributed by atoms with van der Waals surface area (Å²) in [6.45, 7) is 9.14. The zero-order chi connectivity index (χ0) is 19.5. The molecule has 4 aliphatic rings. The lowest BCUT2D eigenvalue weighted by atomic mass is 9.83. The molecular formula is C17H27N3O6. The van der Waals surface area contributed by atoms with Gasteiger partial charge in [-0.3, -0.25) is 14.5 Å². The van der Waals surface area contributed by atoms with E-state index in [2.05, 4.69) is 17.2 Å². The minimum atomic E-state index is -1.98. The molecule has 146 valence electrons. The number of nitrogens with one attached hydrogen (secondary N) is 2. The van der Waals surface area contributed by atoms with E-state index >= 15 is 0 Å². The summed E-state index contributed by atoms with van der Waals surface area (Å²) in [5, 5.41) is 16.4. The summed E-state index contributed by atoms with van der Waals surface area (Å²) in [4.78, 5) is 27.7. The van der Waals surface area contributed by atoms with Crippen LogP contribution in [0.5, 0.6) is 0 Å². The van der Waals surface area contributed by atoms with Gasteiger partial charge in [-0.25, -0.2) is 0 Å². The van der Waals surface area contributed by atoms with Gasteiger partial charge in [-0.05, 0) is 46.9 Å². The van der Waals surface area contributed by atoms with Crippen molar-refractivity contribution in [2.45, 2.75) is 56.1 Å². The Bertz CT molecular complexity index is 665. The first-order chi connectivity index (χ1) is 11.9. The lowest BCUT2D eigenvalue weighted by Crippen LogP contribution is -2.84. The maximum atomic E-state index is 13.1. The highest BCUT2D eigenvalue weighted by atomic mass is 16.8. The number of rotatable bonds is 3. The monoisotopic (exact) mass is 369 g/mol. The number of hydrogen-bond acceptors (Lipinski definition) is 7. The van der Waals surface area contributed by atoms with Crippen LogP contribution < -0.4 is 10.6 Å². The van der Waals surface area contributed by atoms with Crippen molar-refractivity contribution < 1.29 is 28.9 Å². The second-order valence-corrected chi connectivity index (χ2v) is 7.96. The molecule has 0 unspecified atom stereocenters. The third-order valence-corrected chi connectivity index (χ3v) is 5.32. The fraction of sp³-hybridized carbons (Fsp3) is 0.765. The molecule has 3 N–H and O–H groups in total. The summed E-state index contributed by atoms with van der Waals surface area (Å²) in [5.74, 6) is -2.11. The van der Waals surface area contributed by atoms with Gasteiger partial charge in [-0.2, -0.15) is 0 Å². The molecule has 9 nitrogen and oxygen atoms in total. The van der Waals surface area contributed by atoms with Crippen LogP contribution in [-0.2, 0) is 23.8 Å². The topological polar surface area (TPSA) is 109 Å². The van der Waals surface area contributed by atoms with Crippen LogP contribution in [0.25, 0.3) is 0 Å². The number of aliphatic hydroxyl groups is 1. The zero-order valence-corrected chi connectivity index (χ0v) is 15.8. The van der Waals surface area contributed by atoms with Gasteiger partial charge in [-0.1, -0.05) is 6.58 Å². The second kappa shape index (κ2) is 5.74. The van der Waals surface area contributed by atoms with Crippen LogP contribution in [-0.4, -0.2) is 78.0 Å². The Morgan fingerprint density at radius 2 is 1.81 bits per heavy atom.